The molecule has 0 saturated carbocycles. The lowest BCUT2D eigenvalue weighted by molar-refractivity contribution is 0.225. The maximum absolute atomic E-state index is 10.5. The molecule has 0 bridgehead atoms. The summed E-state index contributed by atoms with van der Waals surface area (Å²) in [6, 6.07) is 16.4. The van der Waals surface area contributed by atoms with E-state index in [0.717, 1.165) is 31.6 Å². The molecule has 0 aliphatic heterocycles. The van der Waals surface area contributed by atoms with Crippen molar-refractivity contribution in [3.63, 3.8) is 0 Å². The molecule has 0 atom stereocenters. The SMILES string of the molecule is CCN(CCCO)Cc1ccccc1.Cc1ccc(S(=O)(=O)O)cc1. The Kier molecular flexibility index (Phi) is 9.37. The van der Waals surface area contributed by atoms with Gasteiger partial charge in [0.25, 0.3) is 10.1 Å². The van der Waals surface area contributed by atoms with Crippen LogP contribution < -0.4 is 0 Å². The summed E-state index contributed by atoms with van der Waals surface area (Å²) in [7, 11) is -4.02. The van der Waals surface area contributed by atoms with Crippen molar-refractivity contribution in [1.82, 2.24) is 4.90 Å². The molecule has 0 fully saturated rings. The Balaban J connectivity index is 0.000000257. The number of hydrogen-bond donors (Lipinski definition) is 2. The highest BCUT2D eigenvalue weighted by Gasteiger charge is 2.06. The molecule has 25 heavy (non-hydrogen) atoms. The van der Waals surface area contributed by atoms with E-state index in [1.165, 1.54) is 17.7 Å². The molecule has 0 aromatic heterocycles. The predicted octanol–water partition coefficient (Wildman–Crippen LogP) is 3.13. The smallest absolute Gasteiger partial charge is 0.294 e. The molecule has 2 aromatic carbocycles. The molecular formula is C19H27NO4S. The van der Waals surface area contributed by atoms with E-state index in [9.17, 15) is 8.42 Å². The van der Waals surface area contributed by atoms with Crippen LogP contribution in [0, 0.1) is 6.92 Å². The Labute approximate surface area is 150 Å². The average Bonchev–Trinajstić information content (AvgIpc) is 2.59. The molecule has 0 amide bonds. The van der Waals surface area contributed by atoms with Crippen LogP contribution in [0.15, 0.2) is 59.5 Å². The van der Waals surface area contributed by atoms with E-state index in [2.05, 4.69) is 36.1 Å². The van der Waals surface area contributed by atoms with Crippen molar-refractivity contribution in [1.29, 1.82) is 0 Å². The quantitative estimate of drug-likeness (QED) is 0.737. The first kappa shape index (κ1) is 21.3. The number of benzene rings is 2. The molecule has 2 rings (SSSR count). The standard InChI is InChI=1S/C12H19NO.C7H8O3S/c1-2-13(9-6-10-14)11-12-7-4-3-5-8-12;1-6-2-4-7(5-3-6)11(8,9)10/h3-5,7-8,14H,2,6,9-11H2,1H3;2-5H,1H3,(H,8,9,10). The first-order valence-corrected chi connectivity index (χ1v) is 9.72. The van der Waals surface area contributed by atoms with Gasteiger partial charge in [-0.2, -0.15) is 8.42 Å². The molecule has 0 aliphatic rings. The van der Waals surface area contributed by atoms with Gasteiger partial charge in [0.1, 0.15) is 0 Å². The molecule has 0 heterocycles. The summed E-state index contributed by atoms with van der Waals surface area (Å²) in [5.41, 5.74) is 2.30. The fourth-order valence-electron chi connectivity index (χ4n) is 2.20. The summed E-state index contributed by atoms with van der Waals surface area (Å²) in [6.07, 6.45) is 0.862. The van der Waals surface area contributed by atoms with Gasteiger partial charge in [-0.05, 0) is 37.6 Å². The molecule has 0 spiro atoms. The van der Waals surface area contributed by atoms with Crippen LogP contribution in [-0.4, -0.2) is 42.7 Å². The third-order valence-corrected chi connectivity index (χ3v) is 4.52. The van der Waals surface area contributed by atoms with Crippen LogP contribution in [0.5, 0.6) is 0 Å². The lowest BCUT2D eigenvalue weighted by atomic mass is 10.2. The summed E-state index contributed by atoms with van der Waals surface area (Å²) in [4.78, 5) is 2.27. The first-order valence-electron chi connectivity index (χ1n) is 8.28. The van der Waals surface area contributed by atoms with Gasteiger partial charge in [0.15, 0.2) is 0 Å². The van der Waals surface area contributed by atoms with E-state index >= 15 is 0 Å². The van der Waals surface area contributed by atoms with Crippen LogP contribution in [0.4, 0.5) is 0 Å². The number of aryl methyl sites for hydroxylation is 1. The topological polar surface area (TPSA) is 77.8 Å². The average molecular weight is 365 g/mol. The minimum Gasteiger partial charge on any atom is -0.396 e. The second kappa shape index (κ2) is 11.0. The molecule has 0 unspecified atom stereocenters. The zero-order valence-corrected chi connectivity index (χ0v) is 15.6. The van der Waals surface area contributed by atoms with Crippen molar-refractivity contribution in [3.8, 4) is 0 Å². The number of nitrogens with zero attached hydrogens (tertiary/aromatic N) is 1. The van der Waals surface area contributed by atoms with Gasteiger partial charge >= 0.3 is 0 Å². The van der Waals surface area contributed by atoms with Crippen LogP contribution in [-0.2, 0) is 16.7 Å². The predicted molar refractivity (Wildman–Crippen MR) is 100 cm³/mol. The molecule has 6 heteroatoms. The van der Waals surface area contributed by atoms with Crippen molar-refractivity contribution < 1.29 is 18.1 Å². The largest absolute Gasteiger partial charge is 0.396 e. The summed E-state index contributed by atoms with van der Waals surface area (Å²) < 4.78 is 29.6. The highest BCUT2D eigenvalue weighted by molar-refractivity contribution is 7.85. The van der Waals surface area contributed by atoms with Crippen molar-refractivity contribution in [2.24, 2.45) is 0 Å². The highest BCUT2D eigenvalue weighted by atomic mass is 32.2. The molecular weight excluding hydrogens is 338 g/mol. The monoisotopic (exact) mass is 365 g/mol. The first-order chi connectivity index (χ1) is 11.9. The summed E-state index contributed by atoms with van der Waals surface area (Å²) >= 11 is 0. The van der Waals surface area contributed by atoms with Gasteiger partial charge in [-0.25, -0.2) is 0 Å². The van der Waals surface area contributed by atoms with E-state index in [1.807, 2.05) is 13.0 Å². The van der Waals surface area contributed by atoms with Crippen LogP contribution >= 0.6 is 0 Å². The summed E-state index contributed by atoms with van der Waals surface area (Å²) in [6.45, 7) is 7.27. The molecule has 138 valence electrons. The third kappa shape index (κ3) is 8.79. The van der Waals surface area contributed by atoms with Crippen molar-refractivity contribution >= 4 is 10.1 Å². The van der Waals surface area contributed by atoms with Crippen LogP contribution in [0.3, 0.4) is 0 Å². The lowest BCUT2D eigenvalue weighted by Gasteiger charge is -2.19. The minimum absolute atomic E-state index is 0.0666. The molecule has 0 aliphatic carbocycles. The van der Waals surface area contributed by atoms with E-state index < -0.39 is 10.1 Å². The third-order valence-electron chi connectivity index (χ3n) is 3.65. The van der Waals surface area contributed by atoms with Crippen molar-refractivity contribution in [2.45, 2.75) is 31.7 Å². The zero-order valence-electron chi connectivity index (χ0n) is 14.8. The van der Waals surface area contributed by atoms with E-state index in [4.69, 9.17) is 9.66 Å². The van der Waals surface area contributed by atoms with Crippen LogP contribution in [0.2, 0.25) is 0 Å². The van der Waals surface area contributed by atoms with Gasteiger partial charge in [-0.15, -0.1) is 0 Å². The van der Waals surface area contributed by atoms with Gasteiger partial charge in [-0.1, -0.05) is 55.0 Å². The van der Waals surface area contributed by atoms with Gasteiger partial charge in [0.05, 0.1) is 4.90 Å². The highest BCUT2D eigenvalue weighted by Crippen LogP contribution is 2.08. The number of aliphatic hydroxyl groups is 1. The fraction of sp³-hybridized carbons (Fsp3) is 0.368. The van der Waals surface area contributed by atoms with Gasteiger partial charge in [-0.3, -0.25) is 9.45 Å². The van der Waals surface area contributed by atoms with Gasteiger partial charge < -0.3 is 5.11 Å². The van der Waals surface area contributed by atoms with Gasteiger partial charge in [0.2, 0.25) is 0 Å². The van der Waals surface area contributed by atoms with Crippen molar-refractivity contribution in [3.05, 3.63) is 65.7 Å². The van der Waals surface area contributed by atoms with Gasteiger partial charge in [0, 0.05) is 19.7 Å². The molecule has 0 radical (unpaired) electrons. The second-order valence-corrected chi connectivity index (χ2v) is 7.14. The summed E-state index contributed by atoms with van der Waals surface area (Å²) in [5.74, 6) is 0. The molecule has 5 nitrogen and oxygen atoms in total. The molecule has 0 saturated heterocycles. The second-order valence-electron chi connectivity index (χ2n) is 5.72. The van der Waals surface area contributed by atoms with Crippen molar-refractivity contribution in [2.75, 3.05) is 19.7 Å². The Morgan fingerprint density at radius 2 is 1.60 bits per heavy atom. The van der Waals surface area contributed by atoms with E-state index in [1.54, 1.807) is 12.1 Å². The van der Waals surface area contributed by atoms with E-state index in [-0.39, 0.29) is 11.5 Å². The zero-order chi connectivity index (χ0) is 18.7. The van der Waals surface area contributed by atoms with Crippen LogP contribution in [0.1, 0.15) is 24.5 Å². The number of rotatable bonds is 7. The lowest BCUT2D eigenvalue weighted by Crippen LogP contribution is -2.24. The fourth-order valence-corrected chi connectivity index (χ4v) is 2.68. The Morgan fingerprint density at radius 1 is 1.00 bits per heavy atom. The maximum Gasteiger partial charge on any atom is 0.294 e. The number of hydrogen-bond acceptors (Lipinski definition) is 4. The molecule has 2 aromatic rings. The maximum atomic E-state index is 10.5. The van der Waals surface area contributed by atoms with E-state index in [0.29, 0.717) is 0 Å². The number of aliphatic hydroxyl groups excluding tert-OH is 1. The Bertz CT molecular complexity index is 700. The summed E-state index contributed by atoms with van der Waals surface area (Å²) in [5, 5.41) is 8.75. The van der Waals surface area contributed by atoms with Crippen LogP contribution in [0.25, 0.3) is 0 Å². The Hall–Kier alpha value is -1.73. The normalized spacial score (nSPS) is 11.1. The Morgan fingerprint density at radius 3 is 2.08 bits per heavy atom. The molecule has 2 N–H and O–H groups in total. The minimum atomic E-state index is -4.02.